The minimum atomic E-state index is -2.91. The van der Waals surface area contributed by atoms with Gasteiger partial charge in [-0.05, 0) is 12.1 Å². The average Bonchev–Trinajstić information content (AvgIpc) is 2.39. The second kappa shape index (κ2) is 5.40. The quantitative estimate of drug-likeness (QED) is 0.834. The number of halogens is 2. The van der Waals surface area contributed by atoms with E-state index >= 15 is 0 Å². The molecule has 0 fully saturated rings. The van der Waals surface area contributed by atoms with Crippen LogP contribution in [0.1, 0.15) is 5.56 Å². The van der Waals surface area contributed by atoms with E-state index in [9.17, 15) is 13.9 Å². The van der Waals surface area contributed by atoms with Crippen molar-refractivity contribution >= 4 is 11.8 Å². The van der Waals surface area contributed by atoms with E-state index in [4.69, 9.17) is 0 Å². The number of phenolic OH excluding ortho intramolecular Hbond substituents is 1. The number of aromatic hydroxyl groups is 1. The molecule has 0 radical (unpaired) electrons. The van der Waals surface area contributed by atoms with Gasteiger partial charge in [-0.3, -0.25) is 0 Å². The van der Waals surface area contributed by atoms with Crippen molar-refractivity contribution in [1.29, 1.82) is 0 Å². The van der Waals surface area contributed by atoms with Gasteiger partial charge >= 0.3 is 0 Å². The maximum absolute atomic E-state index is 13.9. The molecular formula is C14H12F2OS. The molecule has 2 rings (SSSR count). The fourth-order valence-corrected chi connectivity index (χ4v) is 2.41. The molecular weight excluding hydrogens is 254 g/mol. The van der Waals surface area contributed by atoms with Crippen LogP contribution in [0.2, 0.25) is 0 Å². The van der Waals surface area contributed by atoms with Crippen molar-refractivity contribution in [3.63, 3.8) is 0 Å². The Bertz CT molecular complexity index is 514. The number of phenols is 1. The minimum absolute atomic E-state index is 0.00655. The summed E-state index contributed by atoms with van der Waals surface area (Å²) in [5, 5.41) is 9.51. The Morgan fingerprint density at radius 1 is 0.944 bits per heavy atom. The molecule has 0 spiro atoms. The van der Waals surface area contributed by atoms with Crippen LogP contribution >= 0.6 is 11.8 Å². The zero-order valence-corrected chi connectivity index (χ0v) is 10.3. The third-order valence-corrected chi connectivity index (χ3v) is 3.63. The number of thioether (sulfide) groups is 1. The van der Waals surface area contributed by atoms with Crippen molar-refractivity contribution in [2.75, 3.05) is 5.75 Å². The lowest BCUT2D eigenvalue weighted by Gasteiger charge is -2.16. The van der Waals surface area contributed by atoms with Crippen LogP contribution in [0.5, 0.6) is 5.75 Å². The van der Waals surface area contributed by atoms with Crippen LogP contribution in [0.25, 0.3) is 0 Å². The molecule has 0 saturated carbocycles. The Hall–Kier alpha value is -1.55. The highest BCUT2D eigenvalue weighted by molar-refractivity contribution is 7.99. The Morgan fingerprint density at radius 3 is 2.22 bits per heavy atom. The molecule has 0 aliphatic heterocycles. The molecule has 0 saturated heterocycles. The molecule has 18 heavy (non-hydrogen) atoms. The van der Waals surface area contributed by atoms with Gasteiger partial charge in [0.05, 0.1) is 5.75 Å². The van der Waals surface area contributed by atoms with Gasteiger partial charge in [0.15, 0.2) is 0 Å². The lowest BCUT2D eigenvalue weighted by Crippen LogP contribution is -2.16. The van der Waals surface area contributed by atoms with Crippen molar-refractivity contribution in [2.24, 2.45) is 0 Å². The van der Waals surface area contributed by atoms with E-state index in [1.807, 2.05) is 0 Å². The summed E-state index contributed by atoms with van der Waals surface area (Å²) in [6.07, 6.45) is 0. The number of hydrogen-bond donors (Lipinski definition) is 1. The van der Waals surface area contributed by atoms with E-state index in [0.29, 0.717) is 4.90 Å². The summed E-state index contributed by atoms with van der Waals surface area (Å²) in [5.41, 5.74) is -0.00655. The molecule has 1 nitrogen and oxygen atoms in total. The van der Waals surface area contributed by atoms with E-state index < -0.39 is 11.7 Å². The van der Waals surface area contributed by atoms with Gasteiger partial charge in [0.1, 0.15) is 5.75 Å². The fourth-order valence-electron chi connectivity index (χ4n) is 1.51. The van der Waals surface area contributed by atoms with Gasteiger partial charge in [-0.15, -0.1) is 11.8 Å². The van der Waals surface area contributed by atoms with Crippen LogP contribution in [0.15, 0.2) is 59.5 Å². The summed E-state index contributed by atoms with van der Waals surface area (Å²) in [6.45, 7) is 0. The van der Waals surface area contributed by atoms with Crippen LogP contribution in [0.3, 0.4) is 0 Å². The lowest BCUT2D eigenvalue weighted by molar-refractivity contribution is 0.0231. The molecule has 0 heterocycles. The largest absolute Gasteiger partial charge is 0.507 e. The molecule has 4 heteroatoms. The van der Waals surface area contributed by atoms with Crippen molar-refractivity contribution in [1.82, 2.24) is 0 Å². The number of para-hydroxylation sites is 1. The molecule has 0 unspecified atom stereocenters. The zero-order chi connectivity index (χ0) is 13.0. The summed E-state index contributed by atoms with van der Waals surface area (Å²) >= 11 is 0.949. The second-order valence-corrected chi connectivity index (χ2v) is 4.84. The van der Waals surface area contributed by atoms with Crippen molar-refractivity contribution in [3.05, 3.63) is 60.2 Å². The molecule has 0 bridgehead atoms. The SMILES string of the molecule is Oc1ccccc1SCC(F)(F)c1ccccc1. The summed E-state index contributed by atoms with van der Waals surface area (Å²) in [4.78, 5) is 0.466. The van der Waals surface area contributed by atoms with Crippen molar-refractivity contribution < 1.29 is 13.9 Å². The van der Waals surface area contributed by atoms with Gasteiger partial charge in [-0.1, -0.05) is 42.5 Å². The lowest BCUT2D eigenvalue weighted by atomic mass is 10.1. The topological polar surface area (TPSA) is 20.2 Å². The minimum Gasteiger partial charge on any atom is -0.507 e. The molecule has 2 aromatic carbocycles. The molecule has 0 aliphatic rings. The van der Waals surface area contributed by atoms with Crippen LogP contribution in [-0.4, -0.2) is 10.9 Å². The summed E-state index contributed by atoms with van der Waals surface area (Å²) < 4.78 is 27.7. The second-order valence-electron chi connectivity index (χ2n) is 3.83. The Labute approximate surface area is 108 Å². The monoisotopic (exact) mass is 266 g/mol. The van der Waals surface area contributed by atoms with Gasteiger partial charge in [0.2, 0.25) is 0 Å². The van der Waals surface area contributed by atoms with Gasteiger partial charge < -0.3 is 5.11 Å². The van der Waals surface area contributed by atoms with Gasteiger partial charge in [0.25, 0.3) is 5.92 Å². The average molecular weight is 266 g/mol. The first-order valence-electron chi connectivity index (χ1n) is 5.44. The van der Waals surface area contributed by atoms with Crippen molar-refractivity contribution in [2.45, 2.75) is 10.8 Å². The van der Waals surface area contributed by atoms with Gasteiger partial charge in [-0.2, -0.15) is 0 Å². The first-order chi connectivity index (χ1) is 8.59. The summed E-state index contributed by atoms with van der Waals surface area (Å²) in [7, 11) is 0. The third kappa shape index (κ3) is 3.01. The number of benzene rings is 2. The predicted molar refractivity (Wildman–Crippen MR) is 69.2 cm³/mol. The van der Waals surface area contributed by atoms with E-state index in [-0.39, 0.29) is 11.3 Å². The number of alkyl halides is 2. The molecule has 2 aromatic rings. The summed E-state index contributed by atoms with van der Waals surface area (Å²) in [5.74, 6) is -3.27. The Balaban J connectivity index is 2.08. The molecule has 94 valence electrons. The maximum atomic E-state index is 13.9. The van der Waals surface area contributed by atoms with Gasteiger partial charge in [0, 0.05) is 10.5 Å². The standard InChI is InChI=1S/C14H12F2OS/c15-14(16,11-6-2-1-3-7-11)10-18-13-9-5-4-8-12(13)17/h1-9,17H,10H2. The molecule has 0 amide bonds. The third-order valence-electron chi connectivity index (χ3n) is 2.47. The molecule has 0 atom stereocenters. The normalized spacial score (nSPS) is 11.4. The predicted octanol–water partition coefficient (Wildman–Crippen LogP) is 4.28. The maximum Gasteiger partial charge on any atom is 0.282 e. The van der Waals surface area contributed by atoms with E-state index in [0.717, 1.165) is 11.8 Å². The molecule has 0 aromatic heterocycles. The zero-order valence-electron chi connectivity index (χ0n) is 9.51. The fraction of sp³-hybridized carbons (Fsp3) is 0.143. The Kier molecular flexibility index (Phi) is 3.87. The first-order valence-corrected chi connectivity index (χ1v) is 6.42. The smallest absolute Gasteiger partial charge is 0.282 e. The van der Waals surface area contributed by atoms with E-state index in [1.165, 1.54) is 18.2 Å². The number of hydrogen-bond acceptors (Lipinski definition) is 2. The van der Waals surface area contributed by atoms with E-state index in [2.05, 4.69) is 0 Å². The molecule has 1 N–H and O–H groups in total. The molecule has 0 aliphatic carbocycles. The van der Waals surface area contributed by atoms with Crippen molar-refractivity contribution in [3.8, 4) is 5.75 Å². The van der Waals surface area contributed by atoms with Crippen LogP contribution < -0.4 is 0 Å². The highest BCUT2D eigenvalue weighted by Gasteiger charge is 2.31. The first kappa shape index (κ1) is 12.9. The van der Waals surface area contributed by atoms with Crippen LogP contribution in [0, 0.1) is 0 Å². The summed E-state index contributed by atoms with van der Waals surface area (Å²) in [6, 6.07) is 14.2. The number of rotatable bonds is 4. The highest BCUT2D eigenvalue weighted by atomic mass is 32.2. The van der Waals surface area contributed by atoms with Crippen LogP contribution in [0.4, 0.5) is 8.78 Å². The highest BCUT2D eigenvalue weighted by Crippen LogP contribution is 2.37. The Morgan fingerprint density at radius 2 is 1.56 bits per heavy atom. The van der Waals surface area contributed by atoms with E-state index in [1.54, 1.807) is 36.4 Å². The van der Waals surface area contributed by atoms with Crippen LogP contribution in [-0.2, 0) is 5.92 Å². The van der Waals surface area contributed by atoms with Gasteiger partial charge in [-0.25, -0.2) is 8.78 Å².